The largest absolute Gasteiger partial charge is 0.481 e. The molecule has 0 aromatic heterocycles. The summed E-state index contributed by atoms with van der Waals surface area (Å²) in [4.78, 5) is 34.4. The number of carbonyl (C=O) groups excluding carboxylic acids is 2. The second-order valence-corrected chi connectivity index (χ2v) is 5.38. The minimum absolute atomic E-state index is 0.00609. The Morgan fingerprint density at radius 3 is 2.42 bits per heavy atom. The van der Waals surface area contributed by atoms with Crippen LogP contribution in [-0.2, 0) is 14.4 Å². The van der Waals surface area contributed by atoms with E-state index < -0.39 is 17.8 Å². The van der Waals surface area contributed by atoms with Crippen molar-refractivity contribution < 1.29 is 19.5 Å². The second kappa shape index (κ2) is 6.04. The van der Waals surface area contributed by atoms with Crippen LogP contribution in [0.25, 0.3) is 0 Å². The van der Waals surface area contributed by atoms with Gasteiger partial charge in [0.2, 0.25) is 11.8 Å². The molecule has 2 rings (SSSR count). The minimum atomic E-state index is -0.878. The summed E-state index contributed by atoms with van der Waals surface area (Å²) in [5.41, 5.74) is 0. The van der Waals surface area contributed by atoms with E-state index >= 15 is 0 Å². The number of piperidine rings is 1. The lowest BCUT2D eigenvalue weighted by Crippen LogP contribution is -2.50. The van der Waals surface area contributed by atoms with Crippen molar-refractivity contribution in [1.29, 1.82) is 0 Å². The summed E-state index contributed by atoms with van der Waals surface area (Å²) in [6.45, 7) is 0.440. The first-order valence-corrected chi connectivity index (χ1v) is 6.88. The van der Waals surface area contributed by atoms with Crippen molar-refractivity contribution >= 4 is 17.8 Å². The molecular weight excluding hydrogens is 248 g/mol. The first-order valence-electron chi connectivity index (χ1n) is 6.88. The van der Waals surface area contributed by atoms with Gasteiger partial charge in [-0.15, -0.1) is 0 Å². The molecular formula is C13H20N2O4. The Morgan fingerprint density at radius 1 is 1.16 bits per heavy atom. The van der Waals surface area contributed by atoms with Gasteiger partial charge in [0, 0.05) is 19.0 Å². The topological polar surface area (TPSA) is 95.5 Å². The molecule has 6 heteroatoms. The quantitative estimate of drug-likeness (QED) is 0.684. The molecule has 1 unspecified atom stereocenters. The lowest BCUT2D eigenvalue weighted by atomic mass is 9.78. The Bertz CT molecular complexity index is 373. The highest BCUT2D eigenvalue weighted by atomic mass is 16.4. The molecule has 1 aliphatic carbocycles. The van der Waals surface area contributed by atoms with Crippen LogP contribution in [0.1, 0.15) is 38.5 Å². The maximum absolute atomic E-state index is 12.2. The van der Waals surface area contributed by atoms with Crippen LogP contribution in [0.4, 0.5) is 0 Å². The van der Waals surface area contributed by atoms with E-state index in [9.17, 15) is 14.4 Å². The van der Waals surface area contributed by atoms with E-state index in [4.69, 9.17) is 5.11 Å². The van der Waals surface area contributed by atoms with Gasteiger partial charge in [0.25, 0.3) is 0 Å². The van der Waals surface area contributed by atoms with Crippen LogP contribution < -0.4 is 10.6 Å². The van der Waals surface area contributed by atoms with Crippen molar-refractivity contribution in [1.82, 2.24) is 10.6 Å². The van der Waals surface area contributed by atoms with Crippen molar-refractivity contribution in [2.75, 3.05) is 6.54 Å². The summed E-state index contributed by atoms with van der Waals surface area (Å²) >= 11 is 0. The molecule has 2 fully saturated rings. The number of nitrogens with one attached hydrogen (secondary N) is 2. The van der Waals surface area contributed by atoms with Crippen molar-refractivity contribution in [2.45, 2.75) is 44.6 Å². The Kier molecular flexibility index (Phi) is 4.39. The van der Waals surface area contributed by atoms with Crippen molar-refractivity contribution in [3.63, 3.8) is 0 Å². The van der Waals surface area contributed by atoms with Crippen LogP contribution in [0.15, 0.2) is 0 Å². The summed E-state index contributed by atoms with van der Waals surface area (Å²) in [6.07, 6.45) is 4.04. The normalized spacial score (nSPS) is 31.4. The van der Waals surface area contributed by atoms with Crippen LogP contribution in [0.2, 0.25) is 0 Å². The summed E-state index contributed by atoms with van der Waals surface area (Å²) in [7, 11) is 0. The van der Waals surface area contributed by atoms with Gasteiger partial charge in [-0.3, -0.25) is 14.4 Å². The van der Waals surface area contributed by atoms with E-state index in [1.165, 1.54) is 0 Å². The molecule has 1 heterocycles. The molecule has 2 amide bonds. The first kappa shape index (κ1) is 13.8. The molecule has 1 aliphatic heterocycles. The van der Waals surface area contributed by atoms with Gasteiger partial charge in [0.15, 0.2) is 0 Å². The molecule has 3 N–H and O–H groups in total. The molecule has 1 saturated carbocycles. The molecule has 0 aromatic carbocycles. The zero-order chi connectivity index (χ0) is 13.8. The molecule has 2 aliphatic rings. The van der Waals surface area contributed by atoms with E-state index in [2.05, 4.69) is 10.6 Å². The zero-order valence-corrected chi connectivity index (χ0v) is 10.9. The third kappa shape index (κ3) is 3.45. The first-order chi connectivity index (χ1) is 9.08. The highest BCUT2D eigenvalue weighted by Gasteiger charge is 2.36. The summed E-state index contributed by atoms with van der Waals surface area (Å²) < 4.78 is 0. The number of carbonyl (C=O) groups is 3. The molecule has 6 nitrogen and oxygen atoms in total. The average molecular weight is 268 g/mol. The van der Waals surface area contributed by atoms with Gasteiger partial charge in [-0.25, -0.2) is 0 Å². The third-order valence-electron chi connectivity index (χ3n) is 4.03. The smallest absolute Gasteiger partial charge is 0.307 e. The average Bonchev–Trinajstić information content (AvgIpc) is 2.41. The monoisotopic (exact) mass is 268 g/mol. The fourth-order valence-electron chi connectivity index (χ4n) is 2.90. The van der Waals surface area contributed by atoms with Crippen molar-refractivity contribution in [2.24, 2.45) is 11.8 Å². The number of aliphatic carboxylic acids is 1. The second-order valence-electron chi connectivity index (χ2n) is 5.38. The number of carboxylic acids is 1. The molecule has 3 atom stereocenters. The van der Waals surface area contributed by atoms with E-state index in [-0.39, 0.29) is 17.9 Å². The van der Waals surface area contributed by atoms with Gasteiger partial charge in [-0.05, 0) is 19.3 Å². The van der Waals surface area contributed by atoms with Gasteiger partial charge in [0.1, 0.15) is 0 Å². The summed E-state index contributed by atoms with van der Waals surface area (Å²) in [6, 6.07) is -0.0680. The van der Waals surface area contributed by atoms with Gasteiger partial charge >= 0.3 is 5.97 Å². The maximum atomic E-state index is 12.2. The standard InChI is InChI=1S/C13H20N2O4/c16-11-6-5-8(7-14-11)15-12(17)9-3-1-2-4-10(9)13(18)19/h8-10H,1-7H2,(H,14,16)(H,15,17)(H,18,19)/t8?,9-,10+/m1/s1. The van der Waals surface area contributed by atoms with Gasteiger partial charge in [-0.2, -0.15) is 0 Å². The minimum Gasteiger partial charge on any atom is -0.481 e. The zero-order valence-electron chi connectivity index (χ0n) is 10.9. The molecule has 0 aromatic rings. The Balaban J connectivity index is 1.90. The van der Waals surface area contributed by atoms with Crippen molar-refractivity contribution in [3.8, 4) is 0 Å². The predicted octanol–water partition coefficient (Wildman–Crippen LogP) is 0.272. The van der Waals surface area contributed by atoms with Gasteiger partial charge in [0.05, 0.1) is 11.8 Å². The number of hydrogen-bond acceptors (Lipinski definition) is 3. The number of rotatable bonds is 3. The number of hydrogen-bond donors (Lipinski definition) is 3. The maximum Gasteiger partial charge on any atom is 0.307 e. The Hall–Kier alpha value is -1.59. The Morgan fingerprint density at radius 2 is 1.84 bits per heavy atom. The van der Waals surface area contributed by atoms with E-state index in [0.717, 1.165) is 12.8 Å². The highest BCUT2D eigenvalue weighted by Crippen LogP contribution is 2.30. The Labute approximate surface area is 111 Å². The summed E-state index contributed by atoms with van der Waals surface area (Å²) in [5.74, 6) is -2.03. The molecule has 0 bridgehead atoms. The fourth-order valence-corrected chi connectivity index (χ4v) is 2.90. The molecule has 19 heavy (non-hydrogen) atoms. The molecule has 0 spiro atoms. The van der Waals surface area contributed by atoms with Crippen LogP contribution in [-0.4, -0.2) is 35.5 Å². The predicted molar refractivity (Wildman–Crippen MR) is 67.3 cm³/mol. The van der Waals surface area contributed by atoms with E-state index in [1.807, 2.05) is 0 Å². The van der Waals surface area contributed by atoms with E-state index in [1.54, 1.807) is 0 Å². The van der Waals surface area contributed by atoms with E-state index in [0.29, 0.717) is 32.2 Å². The van der Waals surface area contributed by atoms with Crippen LogP contribution in [0.3, 0.4) is 0 Å². The van der Waals surface area contributed by atoms with Gasteiger partial charge < -0.3 is 15.7 Å². The number of amides is 2. The molecule has 1 saturated heterocycles. The molecule has 106 valence electrons. The third-order valence-corrected chi connectivity index (χ3v) is 4.03. The lowest BCUT2D eigenvalue weighted by molar-refractivity contribution is -0.149. The lowest BCUT2D eigenvalue weighted by Gasteiger charge is -2.30. The number of carboxylic acid groups (broad SMARTS) is 1. The van der Waals surface area contributed by atoms with Crippen molar-refractivity contribution in [3.05, 3.63) is 0 Å². The van der Waals surface area contributed by atoms with Crippen LogP contribution in [0, 0.1) is 11.8 Å². The van der Waals surface area contributed by atoms with Crippen LogP contribution in [0.5, 0.6) is 0 Å². The highest BCUT2D eigenvalue weighted by molar-refractivity contribution is 5.85. The molecule has 0 radical (unpaired) electrons. The summed E-state index contributed by atoms with van der Waals surface area (Å²) in [5, 5.41) is 14.7. The van der Waals surface area contributed by atoms with Crippen LogP contribution >= 0.6 is 0 Å². The fraction of sp³-hybridized carbons (Fsp3) is 0.769. The SMILES string of the molecule is O=C1CCC(NC(=O)[C@@H]2CCCC[C@@H]2C(=O)O)CN1. The van der Waals surface area contributed by atoms with Gasteiger partial charge in [-0.1, -0.05) is 12.8 Å².